The van der Waals surface area contributed by atoms with E-state index in [1.807, 2.05) is 0 Å². The highest BCUT2D eigenvalue weighted by Gasteiger charge is 2.14. The monoisotopic (exact) mass is 229 g/mol. The van der Waals surface area contributed by atoms with E-state index in [9.17, 15) is 4.79 Å². The Morgan fingerprint density at radius 2 is 2.13 bits per heavy atom. The van der Waals surface area contributed by atoms with Crippen molar-refractivity contribution in [1.82, 2.24) is 4.98 Å². The molecular formula is C10H12ClNO3. The highest BCUT2D eigenvalue weighted by atomic mass is 35.5. The summed E-state index contributed by atoms with van der Waals surface area (Å²) in [6.07, 6.45) is -0.185. The van der Waals surface area contributed by atoms with Gasteiger partial charge < -0.3 is 9.47 Å². The summed E-state index contributed by atoms with van der Waals surface area (Å²) in [5, 5.41) is 0.0833. The maximum absolute atomic E-state index is 11.5. The van der Waals surface area contributed by atoms with Crippen LogP contribution in [0.5, 0.6) is 5.88 Å². The summed E-state index contributed by atoms with van der Waals surface area (Å²) in [6.45, 7) is 3.53. The average molecular weight is 230 g/mol. The minimum atomic E-state index is -0.481. The van der Waals surface area contributed by atoms with Gasteiger partial charge in [-0.05, 0) is 19.9 Å². The minimum Gasteiger partial charge on any atom is -0.481 e. The van der Waals surface area contributed by atoms with Crippen molar-refractivity contribution < 1.29 is 14.3 Å². The van der Waals surface area contributed by atoms with Gasteiger partial charge >= 0.3 is 5.97 Å². The molecule has 0 radical (unpaired) electrons. The molecular weight excluding hydrogens is 218 g/mol. The number of aromatic nitrogens is 1. The molecule has 0 amide bonds. The van der Waals surface area contributed by atoms with Crippen LogP contribution in [0.15, 0.2) is 12.1 Å². The smallest absolute Gasteiger partial charge is 0.341 e. The van der Waals surface area contributed by atoms with E-state index in [0.29, 0.717) is 5.88 Å². The summed E-state index contributed by atoms with van der Waals surface area (Å²) >= 11 is 5.79. The standard InChI is InChI=1S/C10H12ClNO3/c1-6(2)15-10(13)7-4-5-8(14-3)12-9(7)11/h4-6H,1-3H3. The molecule has 0 aliphatic rings. The van der Waals surface area contributed by atoms with Crippen LogP contribution in [-0.2, 0) is 4.74 Å². The predicted molar refractivity (Wildman–Crippen MR) is 56.4 cm³/mol. The molecule has 1 rings (SSSR count). The molecule has 0 aliphatic heterocycles. The van der Waals surface area contributed by atoms with E-state index in [0.717, 1.165) is 0 Å². The first-order valence-corrected chi connectivity index (χ1v) is 4.84. The molecule has 0 atom stereocenters. The molecule has 15 heavy (non-hydrogen) atoms. The van der Waals surface area contributed by atoms with Gasteiger partial charge in [0.2, 0.25) is 5.88 Å². The first-order valence-electron chi connectivity index (χ1n) is 4.46. The fraction of sp³-hybridized carbons (Fsp3) is 0.400. The molecule has 0 bridgehead atoms. The van der Waals surface area contributed by atoms with E-state index >= 15 is 0 Å². The summed E-state index contributed by atoms with van der Waals surface area (Å²) in [6, 6.07) is 3.08. The molecule has 0 aromatic carbocycles. The molecule has 0 saturated heterocycles. The fourth-order valence-electron chi connectivity index (χ4n) is 0.961. The number of nitrogens with zero attached hydrogens (tertiary/aromatic N) is 1. The maximum atomic E-state index is 11.5. The van der Waals surface area contributed by atoms with E-state index in [1.165, 1.54) is 13.2 Å². The quantitative estimate of drug-likeness (QED) is 0.590. The summed E-state index contributed by atoms with van der Waals surface area (Å²) in [7, 11) is 1.48. The average Bonchev–Trinajstić information content (AvgIpc) is 2.16. The SMILES string of the molecule is COc1ccc(C(=O)OC(C)C)c(Cl)n1. The second-order valence-corrected chi connectivity index (χ2v) is 3.50. The number of methoxy groups -OCH3 is 1. The topological polar surface area (TPSA) is 48.4 Å². The van der Waals surface area contributed by atoms with Crippen LogP contribution >= 0.6 is 11.6 Å². The van der Waals surface area contributed by atoms with Crippen LogP contribution in [0.2, 0.25) is 5.15 Å². The van der Waals surface area contributed by atoms with Crippen LogP contribution in [0.4, 0.5) is 0 Å². The summed E-state index contributed by atoms with van der Waals surface area (Å²) in [5.74, 6) is -0.119. The Morgan fingerprint density at radius 3 is 2.60 bits per heavy atom. The number of pyridine rings is 1. The Morgan fingerprint density at radius 1 is 1.47 bits per heavy atom. The molecule has 5 heteroatoms. The van der Waals surface area contributed by atoms with Gasteiger partial charge in [0.05, 0.1) is 18.8 Å². The van der Waals surface area contributed by atoms with Crippen molar-refractivity contribution in [1.29, 1.82) is 0 Å². The van der Waals surface area contributed by atoms with Gasteiger partial charge in [0.1, 0.15) is 5.15 Å². The van der Waals surface area contributed by atoms with Gasteiger partial charge in [-0.3, -0.25) is 0 Å². The molecule has 0 fully saturated rings. The number of rotatable bonds is 3. The van der Waals surface area contributed by atoms with E-state index in [2.05, 4.69) is 4.98 Å². The third-order valence-electron chi connectivity index (χ3n) is 1.59. The van der Waals surface area contributed by atoms with Gasteiger partial charge in [0.25, 0.3) is 0 Å². The number of carbonyl (C=O) groups excluding carboxylic acids is 1. The van der Waals surface area contributed by atoms with Crippen molar-refractivity contribution in [2.75, 3.05) is 7.11 Å². The number of carbonyl (C=O) groups is 1. The summed E-state index contributed by atoms with van der Waals surface area (Å²) < 4.78 is 9.85. The number of hydrogen-bond donors (Lipinski definition) is 0. The van der Waals surface area contributed by atoms with Crippen molar-refractivity contribution in [3.8, 4) is 5.88 Å². The maximum Gasteiger partial charge on any atom is 0.341 e. The van der Waals surface area contributed by atoms with Gasteiger partial charge in [0.15, 0.2) is 0 Å². The molecule has 0 saturated carbocycles. The molecule has 0 spiro atoms. The second-order valence-electron chi connectivity index (χ2n) is 3.15. The van der Waals surface area contributed by atoms with E-state index in [-0.39, 0.29) is 16.8 Å². The second kappa shape index (κ2) is 4.98. The lowest BCUT2D eigenvalue weighted by Crippen LogP contribution is -2.12. The normalized spacial score (nSPS) is 10.2. The summed E-state index contributed by atoms with van der Waals surface area (Å²) in [5.41, 5.74) is 0.242. The third kappa shape index (κ3) is 3.09. The molecule has 0 aliphatic carbocycles. The lowest BCUT2D eigenvalue weighted by Gasteiger charge is -2.08. The minimum absolute atomic E-state index is 0.0833. The van der Waals surface area contributed by atoms with Crippen LogP contribution in [0.25, 0.3) is 0 Å². The highest BCUT2D eigenvalue weighted by molar-refractivity contribution is 6.32. The van der Waals surface area contributed by atoms with Gasteiger partial charge in [0, 0.05) is 6.07 Å². The zero-order valence-corrected chi connectivity index (χ0v) is 9.54. The Balaban J connectivity index is 2.90. The van der Waals surface area contributed by atoms with Gasteiger partial charge in [-0.25, -0.2) is 9.78 Å². The summed E-state index contributed by atoms with van der Waals surface area (Å²) in [4.78, 5) is 15.4. The number of halogens is 1. The van der Waals surface area contributed by atoms with E-state index in [1.54, 1.807) is 19.9 Å². The van der Waals surface area contributed by atoms with Crippen molar-refractivity contribution >= 4 is 17.6 Å². The van der Waals surface area contributed by atoms with Crippen LogP contribution in [-0.4, -0.2) is 24.2 Å². The number of hydrogen-bond acceptors (Lipinski definition) is 4. The molecule has 0 N–H and O–H groups in total. The predicted octanol–water partition coefficient (Wildman–Crippen LogP) is 2.31. The molecule has 0 unspecified atom stereocenters. The fourth-order valence-corrected chi connectivity index (χ4v) is 1.18. The Bertz CT molecular complexity index is 366. The number of ether oxygens (including phenoxy) is 2. The lowest BCUT2D eigenvalue weighted by molar-refractivity contribution is 0.0377. The first-order chi connectivity index (χ1) is 7.04. The van der Waals surface area contributed by atoms with Gasteiger partial charge in [-0.1, -0.05) is 11.6 Å². The van der Waals surface area contributed by atoms with Crippen molar-refractivity contribution in [3.05, 3.63) is 22.8 Å². The molecule has 1 aromatic rings. The van der Waals surface area contributed by atoms with Crippen LogP contribution < -0.4 is 4.74 Å². The molecule has 4 nitrogen and oxygen atoms in total. The number of esters is 1. The highest BCUT2D eigenvalue weighted by Crippen LogP contribution is 2.18. The Hall–Kier alpha value is -1.29. The van der Waals surface area contributed by atoms with E-state index < -0.39 is 5.97 Å². The van der Waals surface area contributed by atoms with Gasteiger partial charge in [-0.2, -0.15) is 0 Å². The van der Waals surface area contributed by atoms with Crippen LogP contribution in [0.3, 0.4) is 0 Å². The first kappa shape index (κ1) is 11.8. The lowest BCUT2D eigenvalue weighted by atomic mass is 10.3. The zero-order valence-electron chi connectivity index (χ0n) is 8.78. The molecule has 1 heterocycles. The van der Waals surface area contributed by atoms with E-state index in [4.69, 9.17) is 21.1 Å². The third-order valence-corrected chi connectivity index (χ3v) is 1.88. The van der Waals surface area contributed by atoms with Crippen molar-refractivity contribution in [2.24, 2.45) is 0 Å². The molecule has 1 aromatic heterocycles. The largest absolute Gasteiger partial charge is 0.481 e. The van der Waals surface area contributed by atoms with Gasteiger partial charge in [-0.15, -0.1) is 0 Å². The zero-order chi connectivity index (χ0) is 11.4. The van der Waals surface area contributed by atoms with Crippen LogP contribution in [0, 0.1) is 0 Å². The van der Waals surface area contributed by atoms with Crippen molar-refractivity contribution in [3.63, 3.8) is 0 Å². The molecule has 82 valence electrons. The Kier molecular flexibility index (Phi) is 3.91. The van der Waals surface area contributed by atoms with Crippen LogP contribution in [0.1, 0.15) is 24.2 Å². The Labute approximate surface area is 93.2 Å². The van der Waals surface area contributed by atoms with Crippen molar-refractivity contribution in [2.45, 2.75) is 20.0 Å².